The molecule has 0 atom stereocenters. The molecular formula is C14H19NO4. The Bertz CT molecular complexity index is 452. The van der Waals surface area contributed by atoms with Gasteiger partial charge in [-0.2, -0.15) is 0 Å². The Kier molecular flexibility index (Phi) is 3.33. The first-order valence-electron chi connectivity index (χ1n) is 6.82. The molecule has 0 radical (unpaired) electrons. The van der Waals surface area contributed by atoms with Gasteiger partial charge in [-0.25, -0.2) is 0 Å². The summed E-state index contributed by atoms with van der Waals surface area (Å²) in [7, 11) is 0. The lowest BCUT2D eigenvalue weighted by Crippen LogP contribution is -2.43. The van der Waals surface area contributed by atoms with Gasteiger partial charge < -0.3 is 19.2 Å². The van der Waals surface area contributed by atoms with Crippen LogP contribution in [0.5, 0.6) is 0 Å². The Morgan fingerprint density at radius 3 is 2.53 bits per heavy atom. The topological polar surface area (TPSA) is 60.7 Å². The van der Waals surface area contributed by atoms with Crippen LogP contribution in [0.2, 0.25) is 0 Å². The Morgan fingerprint density at radius 2 is 1.95 bits per heavy atom. The molecule has 1 spiro atoms. The molecule has 0 unspecified atom stereocenters. The van der Waals surface area contributed by atoms with E-state index in [1.54, 1.807) is 12.1 Å². The first-order chi connectivity index (χ1) is 9.17. The molecule has 0 aromatic carbocycles. The van der Waals surface area contributed by atoms with Gasteiger partial charge >= 0.3 is 0 Å². The molecule has 0 bridgehead atoms. The molecule has 1 N–H and O–H groups in total. The molecular weight excluding hydrogens is 246 g/mol. The molecule has 1 saturated carbocycles. The fourth-order valence-corrected chi connectivity index (χ4v) is 2.80. The summed E-state index contributed by atoms with van der Waals surface area (Å²) in [6.45, 7) is 3.20. The maximum Gasteiger partial charge on any atom is 0.287 e. The molecule has 2 aliphatic rings. The smallest absolute Gasteiger partial charge is 0.287 e. The fraction of sp³-hybridized carbons (Fsp3) is 0.643. The molecule has 1 aromatic rings. The molecule has 104 valence electrons. The minimum atomic E-state index is -0.373. The van der Waals surface area contributed by atoms with Gasteiger partial charge in [-0.05, 0) is 31.9 Å². The molecule has 1 amide bonds. The molecule has 1 aliphatic heterocycles. The van der Waals surface area contributed by atoms with E-state index in [9.17, 15) is 4.79 Å². The molecule has 19 heavy (non-hydrogen) atoms. The van der Waals surface area contributed by atoms with E-state index in [2.05, 4.69) is 5.32 Å². The van der Waals surface area contributed by atoms with Gasteiger partial charge in [0.1, 0.15) is 5.76 Å². The highest BCUT2D eigenvalue weighted by molar-refractivity contribution is 5.91. The van der Waals surface area contributed by atoms with Crippen LogP contribution < -0.4 is 5.32 Å². The predicted octanol–water partition coefficient (Wildman–Crippen LogP) is 2.00. The number of hydrogen-bond acceptors (Lipinski definition) is 4. The van der Waals surface area contributed by atoms with Crippen molar-refractivity contribution in [1.82, 2.24) is 5.32 Å². The van der Waals surface area contributed by atoms with Crippen molar-refractivity contribution < 1.29 is 18.7 Å². The molecule has 3 rings (SSSR count). The summed E-state index contributed by atoms with van der Waals surface area (Å²) in [4.78, 5) is 12.0. The van der Waals surface area contributed by atoms with Crippen LogP contribution in [0.3, 0.4) is 0 Å². The Labute approximate surface area is 112 Å². The van der Waals surface area contributed by atoms with E-state index < -0.39 is 0 Å². The summed E-state index contributed by atoms with van der Waals surface area (Å²) < 4.78 is 16.7. The van der Waals surface area contributed by atoms with Crippen molar-refractivity contribution in [1.29, 1.82) is 0 Å². The average Bonchev–Trinajstić information content (AvgIpc) is 3.02. The maximum atomic E-state index is 12.0. The summed E-state index contributed by atoms with van der Waals surface area (Å²) in [5.74, 6) is 0.622. The van der Waals surface area contributed by atoms with Crippen molar-refractivity contribution >= 4 is 5.91 Å². The van der Waals surface area contributed by atoms with E-state index in [0.717, 1.165) is 31.4 Å². The summed E-state index contributed by atoms with van der Waals surface area (Å²) in [5, 5.41) is 3.01. The van der Waals surface area contributed by atoms with Crippen LogP contribution in [0, 0.1) is 6.92 Å². The maximum absolute atomic E-state index is 12.0. The van der Waals surface area contributed by atoms with Crippen LogP contribution in [0.25, 0.3) is 0 Å². The number of ether oxygens (including phenoxy) is 2. The average molecular weight is 265 g/mol. The molecule has 1 saturated heterocycles. The van der Waals surface area contributed by atoms with E-state index in [1.807, 2.05) is 6.92 Å². The van der Waals surface area contributed by atoms with Crippen LogP contribution in [0.4, 0.5) is 0 Å². The quantitative estimate of drug-likeness (QED) is 0.888. The van der Waals surface area contributed by atoms with Crippen LogP contribution in [0.15, 0.2) is 16.5 Å². The third-order valence-electron chi connectivity index (χ3n) is 3.86. The van der Waals surface area contributed by atoms with Gasteiger partial charge in [0, 0.05) is 18.9 Å². The van der Waals surface area contributed by atoms with Crippen molar-refractivity contribution in [3.05, 3.63) is 23.7 Å². The minimum absolute atomic E-state index is 0.137. The van der Waals surface area contributed by atoms with Crippen LogP contribution in [0.1, 0.15) is 42.0 Å². The van der Waals surface area contributed by atoms with Crippen LogP contribution >= 0.6 is 0 Å². The van der Waals surface area contributed by atoms with Crippen LogP contribution in [-0.4, -0.2) is 30.9 Å². The highest BCUT2D eigenvalue weighted by Crippen LogP contribution is 2.35. The SMILES string of the molecule is Cc1ccc(C(=O)NC2CCC3(CC2)OCCO3)o1. The molecule has 1 aromatic heterocycles. The summed E-state index contributed by atoms with van der Waals surface area (Å²) in [6.07, 6.45) is 3.45. The van der Waals surface area contributed by atoms with Crippen molar-refractivity contribution in [2.75, 3.05) is 13.2 Å². The van der Waals surface area contributed by atoms with Crippen molar-refractivity contribution in [3.8, 4) is 0 Å². The second kappa shape index (κ2) is 4.98. The van der Waals surface area contributed by atoms with Gasteiger partial charge in [0.15, 0.2) is 11.5 Å². The number of amides is 1. The standard InChI is InChI=1S/C14H19NO4/c1-10-2-3-12(19-10)13(16)15-11-4-6-14(7-5-11)17-8-9-18-14/h2-3,11H,4-9H2,1H3,(H,15,16). The zero-order valence-electron chi connectivity index (χ0n) is 11.1. The van der Waals surface area contributed by atoms with E-state index in [1.165, 1.54) is 0 Å². The second-order valence-corrected chi connectivity index (χ2v) is 5.27. The zero-order chi connectivity index (χ0) is 13.3. The summed E-state index contributed by atoms with van der Waals surface area (Å²) >= 11 is 0. The minimum Gasteiger partial charge on any atom is -0.456 e. The molecule has 1 aliphatic carbocycles. The molecule has 5 heteroatoms. The largest absolute Gasteiger partial charge is 0.456 e. The van der Waals surface area contributed by atoms with Gasteiger partial charge in [0.2, 0.25) is 0 Å². The number of rotatable bonds is 2. The van der Waals surface area contributed by atoms with E-state index >= 15 is 0 Å². The van der Waals surface area contributed by atoms with Gasteiger partial charge in [-0.3, -0.25) is 4.79 Å². The number of aryl methyl sites for hydroxylation is 1. The normalized spacial score (nSPS) is 22.8. The highest BCUT2D eigenvalue weighted by atomic mass is 16.7. The van der Waals surface area contributed by atoms with Gasteiger partial charge in [-0.15, -0.1) is 0 Å². The first-order valence-corrected chi connectivity index (χ1v) is 6.82. The molecule has 2 fully saturated rings. The van der Waals surface area contributed by atoms with Crippen molar-refractivity contribution in [3.63, 3.8) is 0 Å². The van der Waals surface area contributed by atoms with Crippen molar-refractivity contribution in [2.24, 2.45) is 0 Å². The summed E-state index contributed by atoms with van der Waals surface area (Å²) in [6, 6.07) is 3.68. The first kappa shape index (κ1) is 12.7. The molecule has 5 nitrogen and oxygen atoms in total. The Morgan fingerprint density at radius 1 is 1.26 bits per heavy atom. The number of carbonyl (C=O) groups excluding carboxylic acids is 1. The van der Waals surface area contributed by atoms with Crippen molar-refractivity contribution in [2.45, 2.75) is 44.4 Å². The van der Waals surface area contributed by atoms with Gasteiger partial charge in [0.25, 0.3) is 5.91 Å². The fourth-order valence-electron chi connectivity index (χ4n) is 2.80. The lowest BCUT2D eigenvalue weighted by Gasteiger charge is -2.35. The second-order valence-electron chi connectivity index (χ2n) is 5.27. The lowest BCUT2D eigenvalue weighted by molar-refractivity contribution is -0.179. The van der Waals surface area contributed by atoms with E-state index in [4.69, 9.17) is 13.9 Å². The van der Waals surface area contributed by atoms with Gasteiger partial charge in [0.05, 0.1) is 13.2 Å². The van der Waals surface area contributed by atoms with E-state index in [0.29, 0.717) is 19.0 Å². The molecule has 2 heterocycles. The Hall–Kier alpha value is -1.33. The third-order valence-corrected chi connectivity index (χ3v) is 3.86. The zero-order valence-corrected chi connectivity index (χ0v) is 11.1. The summed E-state index contributed by atoms with van der Waals surface area (Å²) in [5.41, 5.74) is 0. The number of furan rings is 1. The van der Waals surface area contributed by atoms with Crippen LogP contribution in [-0.2, 0) is 9.47 Å². The van der Waals surface area contributed by atoms with Gasteiger partial charge in [-0.1, -0.05) is 0 Å². The highest BCUT2D eigenvalue weighted by Gasteiger charge is 2.40. The number of nitrogens with one attached hydrogen (secondary N) is 1. The number of hydrogen-bond donors (Lipinski definition) is 1. The monoisotopic (exact) mass is 265 g/mol. The third kappa shape index (κ3) is 2.67. The Balaban J connectivity index is 1.53. The lowest BCUT2D eigenvalue weighted by atomic mass is 9.90. The van der Waals surface area contributed by atoms with E-state index in [-0.39, 0.29) is 17.7 Å². The number of carbonyl (C=O) groups is 1. The predicted molar refractivity (Wildman–Crippen MR) is 67.8 cm³/mol.